The van der Waals surface area contributed by atoms with E-state index < -0.39 is 6.09 Å². The second-order valence-corrected chi connectivity index (χ2v) is 5.04. The molecule has 5 heteroatoms. The lowest BCUT2D eigenvalue weighted by Crippen LogP contribution is -2.15. The first-order valence-corrected chi connectivity index (χ1v) is 6.85. The highest BCUT2D eigenvalue weighted by Gasteiger charge is 2.11. The molecule has 2 aromatic carbocycles. The Labute approximate surface area is 128 Å². The van der Waals surface area contributed by atoms with E-state index in [9.17, 15) is 9.90 Å². The number of nitrogens with one attached hydrogen (secondary N) is 1. The van der Waals surface area contributed by atoms with Crippen LogP contribution >= 0.6 is 11.6 Å². The first-order chi connectivity index (χ1) is 10.1. The molecular weight excluding hydrogens is 290 g/mol. The Morgan fingerprint density at radius 1 is 1.29 bits per heavy atom. The number of aryl methyl sites for hydroxylation is 1. The Hall–Kier alpha value is -2.04. The van der Waals surface area contributed by atoms with Crippen molar-refractivity contribution in [3.63, 3.8) is 0 Å². The van der Waals surface area contributed by atoms with Crippen LogP contribution < -0.4 is 5.32 Å². The van der Waals surface area contributed by atoms with E-state index in [2.05, 4.69) is 5.32 Å². The van der Waals surface area contributed by atoms with Crippen molar-refractivity contribution >= 4 is 23.4 Å². The van der Waals surface area contributed by atoms with E-state index in [1.165, 1.54) is 0 Å². The summed E-state index contributed by atoms with van der Waals surface area (Å²) < 4.78 is 5.15. The predicted octanol–water partition coefficient (Wildman–Crippen LogP) is 3.89. The second-order valence-electron chi connectivity index (χ2n) is 4.60. The number of carbonyl (C=O) groups is 1. The van der Waals surface area contributed by atoms with Crippen LogP contribution in [-0.2, 0) is 18.0 Å². The van der Waals surface area contributed by atoms with Gasteiger partial charge in [0.05, 0.1) is 12.3 Å². The summed E-state index contributed by atoms with van der Waals surface area (Å²) >= 11 is 5.92. The Morgan fingerprint density at radius 2 is 2.00 bits per heavy atom. The van der Waals surface area contributed by atoms with Crippen LogP contribution in [0.3, 0.4) is 0 Å². The minimum Gasteiger partial charge on any atom is -0.444 e. The molecule has 0 saturated carbocycles. The highest BCUT2D eigenvalue weighted by atomic mass is 35.5. The molecule has 0 aliphatic carbocycles. The van der Waals surface area contributed by atoms with Crippen molar-refractivity contribution in [1.82, 2.24) is 0 Å². The number of rotatable bonds is 4. The van der Waals surface area contributed by atoms with Gasteiger partial charge in [0.2, 0.25) is 0 Å². The van der Waals surface area contributed by atoms with Crippen LogP contribution in [0.4, 0.5) is 10.5 Å². The Kier molecular flexibility index (Phi) is 5.20. The molecule has 0 aliphatic heterocycles. The molecule has 0 spiro atoms. The normalized spacial score (nSPS) is 10.2. The van der Waals surface area contributed by atoms with Crippen LogP contribution in [0, 0.1) is 6.92 Å². The maximum Gasteiger partial charge on any atom is 0.411 e. The molecular formula is C16H16ClNO3. The SMILES string of the molecule is Cc1cc(Cl)cc(CO)c1NC(=O)OCc1ccccc1. The summed E-state index contributed by atoms with van der Waals surface area (Å²) in [5, 5.41) is 12.5. The number of amides is 1. The maximum atomic E-state index is 11.8. The number of ether oxygens (including phenoxy) is 1. The molecule has 2 aromatic rings. The molecule has 4 nitrogen and oxygen atoms in total. The number of halogens is 1. The molecule has 0 aromatic heterocycles. The van der Waals surface area contributed by atoms with Gasteiger partial charge in [-0.15, -0.1) is 0 Å². The number of benzene rings is 2. The van der Waals surface area contributed by atoms with E-state index in [1.807, 2.05) is 30.3 Å². The molecule has 0 aliphatic rings. The molecule has 1 amide bonds. The van der Waals surface area contributed by atoms with Crippen molar-refractivity contribution in [1.29, 1.82) is 0 Å². The molecule has 0 saturated heterocycles. The third-order valence-electron chi connectivity index (χ3n) is 2.99. The molecule has 0 bridgehead atoms. The lowest BCUT2D eigenvalue weighted by molar-refractivity contribution is 0.155. The molecule has 2 rings (SSSR count). The van der Waals surface area contributed by atoms with Crippen LogP contribution in [-0.4, -0.2) is 11.2 Å². The van der Waals surface area contributed by atoms with E-state index in [0.29, 0.717) is 16.3 Å². The van der Waals surface area contributed by atoms with Crippen molar-refractivity contribution in [3.8, 4) is 0 Å². The van der Waals surface area contributed by atoms with Gasteiger partial charge in [-0.1, -0.05) is 41.9 Å². The third kappa shape index (κ3) is 4.21. The molecule has 0 unspecified atom stereocenters. The average molecular weight is 306 g/mol. The molecule has 110 valence electrons. The van der Waals surface area contributed by atoms with Gasteiger partial charge >= 0.3 is 6.09 Å². The molecule has 0 atom stereocenters. The van der Waals surface area contributed by atoms with Gasteiger partial charge in [-0.25, -0.2) is 4.79 Å². The zero-order valence-electron chi connectivity index (χ0n) is 11.6. The van der Waals surface area contributed by atoms with Crippen molar-refractivity contribution in [3.05, 3.63) is 64.2 Å². The van der Waals surface area contributed by atoms with Crippen molar-refractivity contribution in [2.45, 2.75) is 20.1 Å². The number of hydrogen-bond acceptors (Lipinski definition) is 3. The topological polar surface area (TPSA) is 58.6 Å². The number of aliphatic hydroxyl groups excluding tert-OH is 1. The first kappa shape index (κ1) is 15.4. The van der Waals surface area contributed by atoms with Crippen LogP contribution in [0.15, 0.2) is 42.5 Å². The van der Waals surface area contributed by atoms with Gasteiger partial charge in [0.1, 0.15) is 6.61 Å². The summed E-state index contributed by atoms with van der Waals surface area (Å²) in [5.74, 6) is 0. The van der Waals surface area contributed by atoms with E-state index in [0.717, 1.165) is 11.1 Å². The zero-order valence-corrected chi connectivity index (χ0v) is 12.4. The van der Waals surface area contributed by atoms with Gasteiger partial charge in [0, 0.05) is 10.6 Å². The molecule has 0 fully saturated rings. The minimum atomic E-state index is -0.570. The number of aliphatic hydroxyl groups is 1. The largest absolute Gasteiger partial charge is 0.444 e. The lowest BCUT2D eigenvalue weighted by Gasteiger charge is -2.13. The highest BCUT2D eigenvalue weighted by Crippen LogP contribution is 2.25. The molecule has 2 N–H and O–H groups in total. The summed E-state index contributed by atoms with van der Waals surface area (Å²) in [6.45, 7) is 1.78. The van der Waals surface area contributed by atoms with E-state index in [-0.39, 0.29) is 13.2 Å². The smallest absolute Gasteiger partial charge is 0.411 e. The number of hydrogen-bond donors (Lipinski definition) is 2. The van der Waals surface area contributed by atoms with E-state index in [4.69, 9.17) is 16.3 Å². The second kappa shape index (κ2) is 7.11. The van der Waals surface area contributed by atoms with E-state index in [1.54, 1.807) is 19.1 Å². The first-order valence-electron chi connectivity index (χ1n) is 6.47. The van der Waals surface area contributed by atoms with Gasteiger partial charge in [-0.2, -0.15) is 0 Å². The van der Waals surface area contributed by atoms with Gasteiger partial charge in [0.15, 0.2) is 0 Å². The van der Waals surface area contributed by atoms with Crippen molar-refractivity contribution in [2.75, 3.05) is 5.32 Å². The Balaban J connectivity index is 2.03. The maximum absolute atomic E-state index is 11.8. The zero-order chi connectivity index (χ0) is 15.2. The lowest BCUT2D eigenvalue weighted by atomic mass is 10.1. The standard InChI is InChI=1S/C16H16ClNO3/c1-11-7-14(17)8-13(9-19)15(11)18-16(20)21-10-12-5-3-2-4-6-12/h2-8,19H,9-10H2,1H3,(H,18,20). The quantitative estimate of drug-likeness (QED) is 0.901. The fraction of sp³-hybridized carbons (Fsp3) is 0.188. The summed E-state index contributed by atoms with van der Waals surface area (Å²) in [7, 11) is 0. The van der Waals surface area contributed by atoms with Crippen molar-refractivity contribution < 1.29 is 14.6 Å². The van der Waals surface area contributed by atoms with Crippen LogP contribution in [0.25, 0.3) is 0 Å². The fourth-order valence-corrected chi connectivity index (χ4v) is 2.27. The van der Waals surface area contributed by atoms with Crippen LogP contribution in [0.1, 0.15) is 16.7 Å². The van der Waals surface area contributed by atoms with Crippen molar-refractivity contribution in [2.24, 2.45) is 0 Å². The monoisotopic (exact) mass is 305 g/mol. The predicted molar refractivity (Wildman–Crippen MR) is 82.4 cm³/mol. The Morgan fingerprint density at radius 3 is 2.67 bits per heavy atom. The summed E-state index contributed by atoms with van der Waals surface area (Å²) in [6.07, 6.45) is -0.570. The average Bonchev–Trinajstić information content (AvgIpc) is 2.48. The van der Waals surface area contributed by atoms with E-state index >= 15 is 0 Å². The fourth-order valence-electron chi connectivity index (χ4n) is 1.98. The van der Waals surface area contributed by atoms with Crippen LogP contribution in [0.5, 0.6) is 0 Å². The number of anilines is 1. The molecule has 0 heterocycles. The van der Waals surface area contributed by atoms with Crippen LogP contribution in [0.2, 0.25) is 5.02 Å². The summed E-state index contributed by atoms with van der Waals surface area (Å²) in [6, 6.07) is 12.7. The number of carbonyl (C=O) groups excluding carboxylic acids is 1. The summed E-state index contributed by atoms with van der Waals surface area (Å²) in [4.78, 5) is 11.8. The van der Waals surface area contributed by atoms with Gasteiger partial charge in [0.25, 0.3) is 0 Å². The van der Waals surface area contributed by atoms with Gasteiger partial charge in [-0.05, 0) is 30.2 Å². The Bertz CT molecular complexity index is 629. The molecule has 21 heavy (non-hydrogen) atoms. The minimum absolute atomic E-state index is 0.188. The molecule has 0 radical (unpaired) electrons. The summed E-state index contributed by atoms with van der Waals surface area (Å²) in [5.41, 5.74) is 2.75. The third-order valence-corrected chi connectivity index (χ3v) is 3.21. The highest BCUT2D eigenvalue weighted by molar-refractivity contribution is 6.30. The van der Waals surface area contributed by atoms with Gasteiger partial charge < -0.3 is 9.84 Å². The van der Waals surface area contributed by atoms with Gasteiger partial charge in [-0.3, -0.25) is 5.32 Å².